The number of hydrogen-bond donors (Lipinski definition) is 1. The lowest BCUT2D eigenvalue weighted by atomic mass is 10.1. The third-order valence-corrected chi connectivity index (χ3v) is 3.76. The van der Waals surface area contributed by atoms with Crippen molar-refractivity contribution in [3.05, 3.63) is 65.7 Å². The second-order valence-corrected chi connectivity index (χ2v) is 5.37. The molecule has 0 spiro atoms. The van der Waals surface area contributed by atoms with Gasteiger partial charge >= 0.3 is 5.97 Å². The smallest absolute Gasteiger partial charge is 0.338 e. The monoisotopic (exact) mass is 341 g/mol. The maximum absolute atomic E-state index is 12.2. The van der Waals surface area contributed by atoms with Crippen molar-refractivity contribution in [3.63, 3.8) is 0 Å². The van der Waals surface area contributed by atoms with Gasteiger partial charge in [-0.2, -0.15) is 0 Å². The average molecular weight is 341 g/mol. The summed E-state index contributed by atoms with van der Waals surface area (Å²) >= 11 is 0. The summed E-state index contributed by atoms with van der Waals surface area (Å²) in [6.07, 6.45) is 1.54. The first-order chi connectivity index (χ1) is 12.2. The number of nitrogens with one attached hydrogen (secondary N) is 1. The van der Waals surface area contributed by atoms with Crippen LogP contribution in [0.15, 0.2) is 54.6 Å². The van der Waals surface area contributed by atoms with E-state index in [2.05, 4.69) is 5.48 Å². The molecule has 0 bridgehead atoms. The van der Waals surface area contributed by atoms with Crippen LogP contribution < -0.4 is 15.0 Å². The molecule has 2 aromatic rings. The van der Waals surface area contributed by atoms with E-state index in [-0.39, 0.29) is 12.7 Å². The van der Waals surface area contributed by atoms with Crippen LogP contribution in [0.4, 0.5) is 0 Å². The number of hydrogen-bond acceptors (Lipinski definition) is 6. The zero-order valence-electron chi connectivity index (χ0n) is 14.0. The first-order valence-electron chi connectivity index (χ1n) is 7.79. The van der Waals surface area contributed by atoms with Gasteiger partial charge in [-0.25, -0.2) is 4.79 Å². The van der Waals surface area contributed by atoms with Gasteiger partial charge in [-0.15, -0.1) is 0 Å². The van der Waals surface area contributed by atoms with Crippen LogP contribution in [0.3, 0.4) is 0 Å². The molecule has 0 unspecified atom stereocenters. The van der Waals surface area contributed by atoms with Crippen LogP contribution in [0.5, 0.6) is 11.5 Å². The molecule has 0 saturated heterocycles. The topological polar surface area (TPSA) is 66.0 Å². The highest BCUT2D eigenvalue weighted by molar-refractivity contribution is 5.90. The molecule has 1 N–H and O–H groups in total. The van der Waals surface area contributed by atoms with Crippen LogP contribution in [-0.2, 0) is 9.57 Å². The van der Waals surface area contributed by atoms with E-state index in [1.54, 1.807) is 18.2 Å². The van der Waals surface area contributed by atoms with Gasteiger partial charge in [0, 0.05) is 0 Å². The summed E-state index contributed by atoms with van der Waals surface area (Å²) in [4.78, 5) is 17.6. The van der Waals surface area contributed by atoms with Gasteiger partial charge in [0.25, 0.3) is 0 Å². The summed E-state index contributed by atoms with van der Waals surface area (Å²) in [5, 5.41) is 0. The van der Waals surface area contributed by atoms with E-state index in [9.17, 15) is 4.79 Å². The molecule has 6 heteroatoms. The van der Waals surface area contributed by atoms with Gasteiger partial charge in [0.2, 0.25) is 0 Å². The maximum atomic E-state index is 12.2. The summed E-state index contributed by atoms with van der Waals surface area (Å²) in [6, 6.07) is 14.7. The predicted molar refractivity (Wildman–Crippen MR) is 92.3 cm³/mol. The fourth-order valence-electron chi connectivity index (χ4n) is 2.45. The maximum Gasteiger partial charge on any atom is 0.338 e. The second-order valence-electron chi connectivity index (χ2n) is 5.37. The molecule has 130 valence electrons. The molecular weight excluding hydrogens is 322 g/mol. The summed E-state index contributed by atoms with van der Waals surface area (Å²) < 4.78 is 15.7. The third kappa shape index (κ3) is 3.92. The Labute approximate surface area is 145 Å². The van der Waals surface area contributed by atoms with Crippen LogP contribution in [-0.4, -0.2) is 32.9 Å². The molecule has 1 heterocycles. The van der Waals surface area contributed by atoms with Gasteiger partial charge in [0.15, 0.2) is 11.5 Å². The van der Waals surface area contributed by atoms with Gasteiger partial charge in [0.1, 0.15) is 12.7 Å². The van der Waals surface area contributed by atoms with Crippen molar-refractivity contribution in [3.8, 4) is 11.5 Å². The lowest BCUT2D eigenvalue weighted by Gasteiger charge is -2.11. The minimum Gasteiger partial charge on any atom is -0.493 e. The molecule has 2 aromatic carbocycles. The molecule has 0 aromatic heterocycles. The van der Waals surface area contributed by atoms with Crippen LogP contribution in [0.1, 0.15) is 15.9 Å². The van der Waals surface area contributed by atoms with Gasteiger partial charge in [0.05, 0.1) is 25.5 Å². The fourth-order valence-corrected chi connectivity index (χ4v) is 2.45. The Bertz CT molecular complexity index is 773. The highest BCUT2D eigenvalue weighted by Crippen LogP contribution is 2.28. The number of methoxy groups -OCH3 is 2. The van der Waals surface area contributed by atoms with E-state index in [0.29, 0.717) is 17.1 Å². The Morgan fingerprint density at radius 3 is 2.56 bits per heavy atom. The minimum atomic E-state index is -0.453. The zero-order chi connectivity index (χ0) is 17.6. The second kappa shape index (κ2) is 7.72. The van der Waals surface area contributed by atoms with Gasteiger partial charge in [-0.3, -0.25) is 10.3 Å². The Morgan fingerprint density at radius 1 is 1.08 bits per heavy atom. The predicted octanol–water partition coefficient (Wildman–Crippen LogP) is 2.81. The van der Waals surface area contributed by atoms with E-state index >= 15 is 0 Å². The standard InChI is InChI=1S/C19H19NO5/c1-22-17-9-8-14(10-18(17)23-2)19(21)24-12-15-11-16(20-25-15)13-6-4-3-5-7-13/h3-11,15,20H,12H2,1-2H3/t15-/m0/s1. The molecular formula is C19H19NO5. The number of carbonyl (C=O) groups is 1. The van der Waals surface area contributed by atoms with Gasteiger partial charge in [-0.1, -0.05) is 30.3 Å². The van der Waals surface area contributed by atoms with Crippen molar-refractivity contribution >= 4 is 11.7 Å². The van der Waals surface area contributed by atoms with Crippen molar-refractivity contribution in [2.24, 2.45) is 0 Å². The van der Waals surface area contributed by atoms with Crippen molar-refractivity contribution in [1.29, 1.82) is 0 Å². The molecule has 0 amide bonds. The molecule has 0 aliphatic carbocycles. The molecule has 3 rings (SSSR count). The van der Waals surface area contributed by atoms with Crippen LogP contribution in [0.25, 0.3) is 5.70 Å². The Kier molecular flexibility index (Phi) is 5.20. The first kappa shape index (κ1) is 16.9. The number of carbonyl (C=O) groups excluding carboxylic acids is 1. The number of ether oxygens (including phenoxy) is 3. The number of esters is 1. The Balaban J connectivity index is 1.61. The summed E-state index contributed by atoms with van der Waals surface area (Å²) in [5.74, 6) is 0.575. The van der Waals surface area contributed by atoms with Crippen molar-refractivity contribution in [2.45, 2.75) is 6.10 Å². The Morgan fingerprint density at radius 2 is 1.84 bits per heavy atom. The summed E-state index contributed by atoms with van der Waals surface area (Å²) in [5.41, 5.74) is 5.10. The van der Waals surface area contributed by atoms with Crippen LogP contribution in [0.2, 0.25) is 0 Å². The van der Waals surface area contributed by atoms with E-state index in [1.165, 1.54) is 14.2 Å². The Hall–Kier alpha value is -2.99. The zero-order valence-corrected chi connectivity index (χ0v) is 14.0. The lowest BCUT2D eigenvalue weighted by Crippen LogP contribution is -2.20. The molecule has 6 nitrogen and oxygen atoms in total. The van der Waals surface area contributed by atoms with E-state index in [1.807, 2.05) is 36.4 Å². The molecule has 0 saturated carbocycles. The highest BCUT2D eigenvalue weighted by Gasteiger charge is 2.20. The van der Waals surface area contributed by atoms with Crippen LogP contribution in [0, 0.1) is 0 Å². The summed E-state index contributed by atoms with van der Waals surface area (Å²) in [6.45, 7) is 0.108. The summed E-state index contributed by atoms with van der Waals surface area (Å²) in [7, 11) is 3.05. The van der Waals surface area contributed by atoms with Crippen molar-refractivity contribution in [1.82, 2.24) is 5.48 Å². The van der Waals surface area contributed by atoms with E-state index < -0.39 is 5.97 Å². The lowest BCUT2D eigenvalue weighted by molar-refractivity contribution is -0.00355. The molecule has 25 heavy (non-hydrogen) atoms. The molecule has 0 fully saturated rings. The SMILES string of the molecule is COc1ccc(C(=O)OC[C@@H]2C=C(c3ccccc3)NO2)cc1OC. The number of rotatable bonds is 6. The third-order valence-electron chi connectivity index (χ3n) is 3.76. The largest absolute Gasteiger partial charge is 0.493 e. The highest BCUT2D eigenvalue weighted by atomic mass is 16.7. The van der Waals surface area contributed by atoms with E-state index in [0.717, 1.165) is 11.3 Å². The molecule has 1 aliphatic rings. The van der Waals surface area contributed by atoms with Gasteiger partial charge in [-0.05, 0) is 29.8 Å². The first-order valence-corrected chi connectivity index (χ1v) is 7.79. The average Bonchev–Trinajstić information content (AvgIpc) is 3.15. The van der Waals surface area contributed by atoms with Crippen LogP contribution >= 0.6 is 0 Å². The van der Waals surface area contributed by atoms with Crippen molar-refractivity contribution in [2.75, 3.05) is 20.8 Å². The fraction of sp³-hybridized carbons (Fsp3) is 0.211. The normalized spacial score (nSPS) is 15.9. The quantitative estimate of drug-likeness (QED) is 0.815. The van der Waals surface area contributed by atoms with Crippen molar-refractivity contribution < 1.29 is 23.8 Å². The minimum absolute atomic E-state index is 0.108. The van der Waals surface area contributed by atoms with E-state index in [4.69, 9.17) is 19.0 Å². The molecule has 0 radical (unpaired) electrons. The van der Waals surface area contributed by atoms with Gasteiger partial charge < -0.3 is 14.2 Å². The number of hydroxylamine groups is 1. The molecule has 1 atom stereocenters. The number of benzene rings is 2. The molecule has 1 aliphatic heterocycles.